The number of rotatable bonds is 3. The van der Waals surface area contributed by atoms with E-state index in [2.05, 4.69) is 18.1 Å². The Morgan fingerprint density at radius 2 is 2.50 bits per heavy atom. The van der Waals surface area contributed by atoms with Crippen molar-refractivity contribution in [2.24, 2.45) is 7.05 Å². The smallest absolute Gasteiger partial charge is 0.0632 e. The van der Waals surface area contributed by atoms with Crippen LogP contribution in [0.4, 0.5) is 0 Å². The van der Waals surface area contributed by atoms with Crippen molar-refractivity contribution in [2.45, 2.75) is 13.3 Å². The normalized spacial score (nSPS) is 12.1. The lowest BCUT2D eigenvalue weighted by atomic mass is 10.2. The maximum absolute atomic E-state index is 5.58. The number of aromatic nitrogens is 2. The minimum atomic E-state index is 0.676. The van der Waals surface area contributed by atoms with Gasteiger partial charge < -0.3 is 0 Å². The van der Waals surface area contributed by atoms with Crippen LogP contribution in [0, 0.1) is 0 Å². The van der Waals surface area contributed by atoms with Gasteiger partial charge in [-0.05, 0) is 25.0 Å². The Bertz CT molecular complexity index is 276. The van der Waals surface area contributed by atoms with E-state index in [4.69, 9.17) is 11.6 Å². The summed E-state index contributed by atoms with van der Waals surface area (Å²) in [5.41, 5.74) is 2.38. The number of alkyl halides is 1. The van der Waals surface area contributed by atoms with Crippen LogP contribution in [-0.4, -0.2) is 15.7 Å². The first-order valence-electron chi connectivity index (χ1n) is 3.97. The molecule has 0 amide bonds. The van der Waals surface area contributed by atoms with Crippen LogP contribution in [0.1, 0.15) is 19.0 Å². The lowest BCUT2D eigenvalue weighted by Crippen LogP contribution is -1.95. The number of hydrogen-bond acceptors (Lipinski definition) is 1. The monoisotopic (exact) mass is 184 g/mol. The molecule has 1 heterocycles. The molecular formula is C9H13ClN2. The third-order valence-electron chi connectivity index (χ3n) is 1.78. The molecule has 0 unspecified atom stereocenters. The van der Waals surface area contributed by atoms with Gasteiger partial charge >= 0.3 is 0 Å². The summed E-state index contributed by atoms with van der Waals surface area (Å²) in [5.74, 6) is 0.676. The van der Waals surface area contributed by atoms with Crippen molar-refractivity contribution in [1.29, 1.82) is 0 Å². The van der Waals surface area contributed by atoms with Crippen molar-refractivity contribution >= 4 is 17.2 Å². The second-order valence-corrected chi connectivity index (χ2v) is 3.08. The van der Waals surface area contributed by atoms with E-state index in [0.29, 0.717) is 5.88 Å². The number of nitrogens with zero attached hydrogens (tertiary/aromatic N) is 2. The Morgan fingerprint density at radius 1 is 1.75 bits per heavy atom. The molecule has 2 nitrogen and oxygen atoms in total. The molecule has 12 heavy (non-hydrogen) atoms. The Morgan fingerprint density at radius 3 is 3.00 bits per heavy atom. The second kappa shape index (κ2) is 4.31. The molecule has 66 valence electrons. The van der Waals surface area contributed by atoms with Gasteiger partial charge in [0.15, 0.2) is 0 Å². The zero-order valence-corrected chi connectivity index (χ0v) is 8.17. The SMILES string of the molecule is CC(=CCCCl)c1ccnn1C. The highest BCUT2D eigenvalue weighted by Crippen LogP contribution is 2.12. The molecule has 0 spiro atoms. The fourth-order valence-corrected chi connectivity index (χ4v) is 1.25. The molecule has 0 aromatic carbocycles. The summed E-state index contributed by atoms with van der Waals surface area (Å²) < 4.78 is 1.86. The molecule has 0 bridgehead atoms. The molecule has 0 radical (unpaired) electrons. The minimum Gasteiger partial charge on any atom is -0.268 e. The molecule has 0 aliphatic rings. The van der Waals surface area contributed by atoms with E-state index >= 15 is 0 Å². The summed E-state index contributed by atoms with van der Waals surface area (Å²) in [7, 11) is 1.94. The predicted octanol–water partition coefficient (Wildman–Crippen LogP) is 2.45. The molecule has 0 N–H and O–H groups in total. The van der Waals surface area contributed by atoms with E-state index in [-0.39, 0.29) is 0 Å². The van der Waals surface area contributed by atoms with Gasteiger partial charge in [-0.25, -0.2) is 0 Å². The average molecular weight is 185 g/mol. The molecule has 0 aliphatic carbocycles. The van der Waals surface area contributed by atoms with Crippen molar-refractivity contribution in [1.82, 2.24) is 9.78 Å². The number of hydrogen-bond donors (Lipinski definition) is 0. The summed E-state index contributed by atoms with van der Waals surface area (Å²) in [6, 6.07) is 2.00. The molecule has 0 atom stereocenters. The van der Waals surface area contributed by atoms with Gasteiger partial charge in [0.05, 0.1) is 5.69 Å². The van der Waals surface area contributed by atoms with Crippen LogP contribution in [0.2, 0.25) is 0 Å². The van der Waals surface area contributed by atoms with E-state index in [1.165, 1.54) is 5.57 Å². The van der Waals surface area contributed by atoms with Gasteiger partial charge in [-0.1, -0.05) is 6.08 Å². The molecule has 0 saturated carbocycles. The van der Waals surface area contributed by atoms with Crippen LogP contribution in [0.25, 0.3) is 5.57 Å². The Labute approximate surface area is 77.8 Å². The van der Waals surface area contributed by atoms with Crippen molar-refractivity contribution in [3.63, 3.8) is 0 Å². The highest BCUT2D eigenvalue weighted by Gasteiger charge is 1.98. The lowest BCUT2D eigenvalue weighted by Gasteiger charge is -2.00. The summed E-state index contributed by atoms with van der Waals surface area (Å²) >= 11 is 5.58. The first kappa shape index (κ1) is 9.33. The van der Waals surface area contributed by atoms with E-state index in [9.17, 15) is 0 Å². The van der Waals surface area contributed by atoms with Crippen molar-refractivity contribution < 1.29 is 0 Å². The fourth-order valence-electron chi connectivity index (χ4n) is 1.14. The third kappa shape index (κ3) is 2.11. The van der Waals surface area contributed by atoms with Crippen LogP contribution in [-0.2, 0) is 7.05 Å². The minimum absolute atomic E-state index is 0.676. The Balaban J connectivity index is 2.77. The van der Waals surface area contributed by atoms with Gasteiger partial charge in [0.1, 0.15) is 0 Å². The van der Waals surface area contributed by atoms with Crippen LogP contribution in [0.3, 0.4) is 0 Å². The maximum atomic E-state index is 5.58. The van der Waals surface area contributed by atoms with Crippen LogP contribution < -0.4 is 0 Å². The summed E-state index contributed by atoms with van der Waals surface area (Å²) in [5, 5.41) is 4.09. The predicted molar refractivity (Wildman–Crippen MR) is 52.2 cm³/mol. The molecular weight excluding hydrogens is 172 g/mol. The molecule has 1 aromatic heterocycles. The standard InChI is InChI=1S/C9H13ClN2/c1-8(4-3-6-10)9-5-7-11-12(9)2/h4-5,7H,3,6H2,1-2H3. The highest BCUT2D eigenvalue weighted by molar-refractivity contribution is 6.17. The van der Waals surface area contributed by atoms with E-state index < -0.39 is 0 Å². The Hall–Kier alpha value is -0.760. The maximum Gasteiger partial charge on any atom is 0.0632 e. The van der Waals surface area contributed by atoms with Gasteiger partial charge in [0.2, 0.25) is 0 Å². The van der Waals surface area contributed by atoms with Crippen molar-refractivity contribution in [3.8, 4) is 0 Å². The molecule has 0 fully saturated rings. The van der Waals surface area contributed by atoms with Crippen molar-refractivity contribution in [2.75, 3.05) is 5.88 Å². The lowest BCUT2D eigenvalue weighted by molar-refractivity contribution is 0.755. The topological polar surface area (TPSA) is 17.8 Å². The van der Waals surface area contributed by atoms with Gasteiger partial charge in [-0.3, -0.25) is 4.68 Å². The third-order valence-corrected chi connectivity index (χ3v) is 2.00. The molecule has 0 aliphatic heterocycles. The largest absolute Gasteiger partial charge is 0.268 e. The number of allylic oxidation sites excluding steroid dienone is 2. The molecule has 0 saturated heterocycles. The average Bonchev–Trinajstić information content (AvgIpc) is 2.47. The van der Waals surface area contributed by atoms with E-state index in [1.54, 1.807) is 6.20 Å². The van der Waals surface area contributed by atoms with Gasteiger partial charge in [-0.15, -0.1) is 11.6 Å². The van der Waals surface area contributed by atoms with Gasteiger partial charge in [-0.2, -0.15) is 5.10 Å². The second-order valence-electron chi connectivity index (χ2n) is 2.70. The van der Waals surface area contributed by atoms with Crippen LogP contribution in [0.15, 0.2) is 18.3 Å². The summed E-state index contributed by atoms with van der Waals surface area (Å²) in [6.07, 6.45) is 4.84. The molecule has 3 heteroatoms. The zero-order chi connectivity index (χ0) is 8.97. The fraction of sp³-hybridized carbons (Fsp3) is 0.444. The highest BCUT2D eigenvalue weighted by atomic mass is 35.5. The molecule has 1 aromatic rings. The molecule has 1 rings (SSSR count). The summed E-state index contributed by atoms with van der Waals surface area (Å²) in [4.78, 5) is 0. The first-order chi connectivity index (χ1) is 5.75. The Kier molecular flexibility index (Phi) is 3.35. The van der Waals surface area contributed by atoms with Crippen LogP contribution >= 0.6 is 11.6 Å². The van der Waals surface area contributed by atoms with Gasteiger partial charge in [0.25, 0.3) is 0 Å². The number of aryl methyl sites for hydroxylation is 1. The summed E-state index contributed by atoms with van der Waals surface area (Å²) in [6.45, 7) is 2.07. The van der Waals surface area contributed by atoms with Crippen molar-refractivity contribution in [3.05, 3.63) is 24.0 Å². The first-order valence-corrected chi connectivity index (χ1v) is 4.50. The number of halogens is 1. The zero-order valence-electron chi connectivity index (χ0n) is 7.42. The quantitative estimate of drug-likeness (QED) is 0.660. The van der Waals surface area contributed by atoms with E-state index in [1.807, 2.05) is 17.8 Å². The van der Waals surface area contributed by atoms with Crippen LogP contribution in [0.5, 0.6) is 0 Å². The van der Waals surface area contributed by atoms with Gasteiger partial charge in [0, 0.05) is 19.1 Å². The van der Waals surface area contributed by atoms with E-state index in [0.717, 1.165) is 12.1 Å².